The van der Waals surface area contributed by atoms with Gasteiger partial charge in [0, 0.05) is 6.92 Å². The summed E-state index contributed by atoms with van der Waals surface area (Å²) in [5, 5.41) is 7.87. The van der Waals surface area contributed by atoms with Crippen LogP contribution in [0, 0.1) is 6.92 Å². The van der Waals surface area contributed by atoms with Crippen LogP contribution < -0.4 is 0 Å². The highest BCUT2D eigenvalue weighted by molar-refractivity contribution is 5.91. The number of carbonyl (C=O) groups excluding carboxylic acids is 3. The first-order valence-corrected chi connectivity index (χ1v) is 12.2. The van der Waals surface area contributed by atoms with Crippen molar-refractivity contribution in [2.45, 2.75) is 31.3 Å². The minimum absolute atomic E-state index is 0.0203. The molecule has 10 nitrogen and oxygen atoms in total. The van der Waals surface area contributed by atoms with E-state index in [0.29, 0.717) is 0 Å². The summed E-state index contributed by atoms with van der Waals surface area (Å²) in [6.07, 6.45) is -4.80. The second-order valence-corrected chi connectivity index (χ2v) is 8.69. The molecule has 0 radical (unpaired) electrons. The molecule has 0 spiro atoms. The molecule has 198 valence electrons. The number of aryl methyl sites for hydroxylation is 1. The Morgan fingerprint density at radius 2 is 1.13 bits per heavy atom. The summed E-state index contributed by atoms with van der Waals surface area (Å²) in [6, 6.07) is 24.9. The third-order valence-electron chi connectivity index (χ3n) is 5.99. The van der Waals surface area contributed by atoms with Crippen molar-refractivity contribution in [2.75, 3.05) is 6.61 Å². The van der Waals surface area contributed by atoms with Crippen molar-refractivity contribution in [1.82, 2.24) is 10.2 Å². The van der Waals surface area contributed by atoms with E-state index in [9.17, 15) is 14.4 Å². The lowest BCUT2D eigenvalue weighted by atomic mass is 9.98. The summed E-state index contributed by atoms with van der Waals surface area (Å²) in [6.45, 7) is 1.40. The maximum atomic E-state index is 13.2. The Hall–Kier alpha value is -4.83. The predicted octanol–water partition coefficient (Wildman–Crippen LogP) is 4.13. The lowest BCUT2D eigenvalue weighted by Gasteiger charge is -2.39. The Balaban J connectivity index is 1.50. The van der Waals surface area contributed by atoms with Gasteiger partial charge >= 0.3 is 17.9 Å². The average molecular weight is 529 g/mol. The van der Waals surface area contributed by atoms with Crippen LogP contribution in [-0.2, 0) is 18.9 Å². The molecule has 5 rings (SSSR count). The van der Waals surface area contributed by atoms with Crippen molar-refractivity contribution >= 4 is 17.9 Å². The number of benzene rings is 3. The zero-order valence-electron chi connectivity index (χ0n) is 20.8. The maximum absolute atomic E-state index is 13.2. The Morgan fingerprint density at radius 3 is 1.59 bits per heavy atom. The summed E-state index contributed by atoms with van der Waals surface area (Å²) in [5.41, 5.74) is 0.808. The van der Waals surface area contributed by atoms with Gasteiger partial charge in [-0.25, -0.2) is 14.4 Å². The molecule has 0 N–H and O–H groups in total. The number of hydrogen-bond acceptors (Lipinski definition) is 10. The van der Waals surface area contributed by atoms with Gasteiger partial charge in [-0.1, -0.05) is 54.6 Å². The molecule has 0 bridgehead atoms. The summed E-state index contributed by atoms with van der Waals surface area (Å²) in [7, 11) is 0. The quantitative estimate of drug-likeness (QED) is 0.255. The van der Waals surface area contributed by atoms with Crippen LogP contribution in [-0.4, -0.2) is 53.0 Å². The third-order valence-corrected chi connectivity index (χ3v) is 5.99. The summed E-state index contributed by atoms with van der Waals surface area (Å²) in [5.74, 6) is -1.79. The molecule has 0 aliphatic carbocycles. The van der Waals surface area contributed by atoms with Crippen molar-refractivity contribution < 1.29 is 37.7 Å². The molecule has 3 aromatic carbocycles. The summed E-state index contributed by atoms with van der Waals surface area (Å²) < 4.78 is 29.0. The zero-order chi connectivity index (χ0) is 27.2. The Labute approximate surface area is 223 Å². The molecule has 1 aliphatic rings. The fourth-order valence-corrected chi connectivity index (χ4v) is 4.10. The van der Waals surface area contributed by atoms with Gasteiger partial charge in [-0.05, 0) is 36.4 Å². The first-order chi connectivity index (χ1) is 19.0. The molecule has 0 unspecified atom stereocenters. The van der Waals surface area contributed by atoms with Gasteiger partial charge in [0.05, 0.1) is 23.3 Å². The van der Waals surface area contributed by atoms with E-state index in [1.165, 1.54) is 0 Å². The fourth-order valence-electron chi connectivity index (χ4n) is 4.10. The molecule has 39 heavy (non-hydrogen) atoms. The fraction of sp³-hybridized carbons (Fsp3) is 0.207. The largest absolute Gasteiger partial charge is 0.452 e. The molecular weight excluding hydrogens is 504 g/mol. The highest BCUT2D eigenvalue weighted by Gasteiger charge is 2.50. The van der Waals surface area contributed by atoms with Gasteiger partial charge in [0.25, 0.3) is 0 Å². The number of nitrogens with zero attached hydrogens (tertiary/aromatic N) is 2. The molecule has 2 heterocycles. The standard InChI is InChI=1S/C29H24N2O8/c1-18-30-31-26(36-18)25-24(39-29(34)21-15-9-4-10-16-21)23(38-28(33)20-13-7-3-8-14-20)22(17-35-25)37-27(32)19-11-5-2-6-12-19/h2-16,22-25H,17H2,1H3/t22-,23-,24+,25-/m1/s1. The van der Waals surface area contributed by atoms with Gasteiger partial charge in [-0.2, -0.15) is 0 Å². The number of carbonyl (C=O) groups is 3. The van der Waals surface area contributed by atoms with Crippen molar-refractivity contribution in [2.24, 2.45) is 0 Å². The molecule has 0 saturated carbocycles. The topological polar surface area (TPSA) is 127 Å². The lowest BCUT2D eigenvalue weighted by Crippen LogP contribution is -2.54. The molecule has 1 fully saturated rings. The van der Waals surface area contributed by atoms with Crippen LogP contribution in [0.3, 0.4) is 0 Å². The van der Waals surface area contributed by atoms with Crippen LogP contribution in [0.2, 0.25) is 0 Å². The number of hydrogen-bond donors (Lipinski definition) is 0. The average Bonchev–Trinajstić information content (AvgIpc) is 3.41. The lowest BCUT2D eigenvalue weighted by molar-refractivity contribution is -0.197. The van der Waals surface area contributed by atoms with E-state index in [1.807, 2.05) is 0 Å². The van der Waals surface area contributed by atoms with Gasteiger partial charge in [0.15, 0.2) is 24.4 Å². The zero-order valence-corrected chi connectivity index (χ0v) is 20.8. The van der Waals surface area contributed by atoms with E-state index in [2.05, 4.69) is 10.2 Å². The van der Waals surface area contributed by atoms with E-state index in [0.717, 1.165) is 0 Å². The van der Waals surface area contributed by atoms with Gasteiger partial charge in [-0.3, -0.25) is 0 Å². The van der Waals surface area contributed by atoms with Gasteiger partial charge < -0.3 is 23.4 Å². The molecule has 1 aromatic heterocycles. The van der Waals surface area contributed by atoms with Crippen molar-refractivity contribution in [3.8, 4) is 0 Å². The number of ether oxygens (including phenoxy) is 4. The Morgan fingerprint density at radius 1 is 0.667 bits per heavy atom. The molecule has 1 aliphatic heterocycles. The number of rotatable bonds is 7. The van der Waals surface area contributed by atoms with Crippen LogP contribution in [0.5, 0.6) is 0 Å². The highest BCUT2D eigenvalue weighted by Crippen LogP contribution is 2.34. The van der Waals surface area contributed by atoms with E-state index in [1.54, 1.807) is 97.9 Å². The summed E-state index contributed by atoms with van der Waals surface area (Å²) >= 11 is 0. The van der Waals surface area contributed by atoms with Gasteiger partial charge in [-0.15, -0.1) is 10.2 Å². The van der Waals surface area contributed by atoms with Crippen molar-refractivity contribution in [3.63, 3.8) is 0 Å². The second kappa shape index (κ2) is 11.7. The first kappa shape index (κ1) is 25.8. The van der Waals surface area contributed by atoms with Gasteiger partial charge in [0.2, 0.25) is 11.8 Å². The van der Waals surface area contributed by atoms with Crippen molar-refractivity contribution in [1.29, 1.82) is 0 Å². The van der Waals surface area contributed by atoms with E-state index >= 15 is 0 Å². The van der Waals surface area contributed by atoms with Crippen LogP contribution in [0.15, 0.2) is 95.4 Å². The molecular formula is C29H24N2O8. The van der Waals surface area contributed by atoms with E-state index in [4.69, 9.17) is 23.4 Å². The number of aromatic nitrogens is 2. The third kappa shape index (κ3) is 6.02. The second-order valence-electron chi connectivity index (χ2n) is 8.69. The van der Waals surface area contributed by atoms with E-state index in [-0.39, 0.29) is 35.1 Å². The highest BCUT2D eigenvalue weighted by atomic mass is 16.6. The maximum Gasteiger partial charge on any atom is 0.338 e. The van der Waals surface area contributed by atoms with Crippen LogP contribution in [0.25, 0.3) is 0 Å². The first-order valence-electron chi connectivity index (χ1n) is 12.2. The smallest absolute Gasteiger partial charge is 0.338 e. The van der Waals surface area contributed by atoms with Crippen LogP contribution in [0.4, 0.5) is 0 Å². The molecule has 4 atom stereocenters. The monoisotopic (exact) mass is 528 g/mol. The summed E-state index contributed by atoms with van der Waals surface area (Å²) in [4.78, 5) is 39.3. The molecule has 1 saturated heterocycles. The van der Waals surface area contributed by atoms with Crippen LogP contribution >= 0.6 is 0 Å². The van der Waals surface area contributed by atoms with Gasteiger partial charge in [0.1, 0.15) is 0 Å². The number of esters is 3. The molecule has 10 heteroatoms. The molecule has 4 aromatic rings. The minimum Gasteiger partial charge on any atom is -0.452 e. The normalized spacial score (nSPS) is 20.5. The molecule has 0 amide bonds. The Kier molecular flexibility index (Phi) is 7.74. The minimum atomic E-state index is -1.30. The SMILES string of the molecule is Cc1nnc([C@@H]2OC[C@@H](OC(=O)c3ccccc3)[C@@H](OC(=O)c3ccccc3)[C@@H]2OC(=O)c2ccccc2)o1. The van der Waals surface area contributed by atoms with E-state index < -0.39 is 42.3 Å². The van der Waals surface area contributed by atoms with Crippen molar-refractivity contribution in [3.05, 3.63) is 119 Å². The Bertz CT molecular complexity index is 1430. The predicted molar refractivity (Wildman–Crippen MR) is 135 cm³/mol. The van der Waals surface area contributed by atoms with Crippen LogP contribution in [0.1, 0.15) is 49.0 Å².